The maximum absolute atomic E-state index is 12.2. The number of amides is 1. The largest absolute Gasteiger partial charge is 0.352 e. The molecule has 0 bridgehead atoms. The first-order chi connectivity index (χ1) is 10.6. The highest BCUT2D eigenvalue weighted by atomic mass is 16.2. The molecular weight excluding hydrogens is 278 g/mol. The maximum Gasteiger partial charge on any atom is 0.234 e. The molecule has 0 spiro atoms. The minimum atomic E-state index is 0.116. The van der Waals surface area contributed by atoms with Crippen molar-refractivity contribution in [3.63, 3.8) is 0 Å². The normalized spacial score (nSPS) is 17.0. The van der Waals surface area contributed by atoms with Crippen LogP contribution in [0.25, 0.3) is 0 Å². The van der Waals surface area contributed by atoms with Crippen molar-refractivity contribution in [1.82, 2.24) is 25.0 Å². The summed E-state index contributed by atoms with van der Waals surface area (Å²) in [6, 6.07) is 0.695. The minimum Gasteiger partial charge on any atom is -0.352 e. The molecular formula is C16H29N5O. The van der Waals surface area contributed by atoms with Crippen molar-refractivity contribution in [3.05, 3.63) is 12.2 Å². The fourth-order valence-corrected chi connectivity index (χ4v) is 3.05. The molecule has 1 amide bonds. The topological polar surface area (TPSA) is 63.1 Å². The molecule has 0 atom stereocenters. The molecule has 1 aromatic rings. The first-order valence-corrected chi connectivity index (χ1v) is 8.42. The van der Waals surface area contributed by atoms with Gasteiger partial charge in [0.1, 0.15) is 12.2 Å². The van der Waals surface area contributed by atoms with Crippen molar-refractivity contribution >= 4 is 5.91 Å². The van der Waals surface area contributed by atoms with Gasteiger partial charge in [-0.05, 0) is 33.7 Å². The van der Waals surface area contributed by atoms with Gasteiger partial charge in [0.05, 0.1) is 13.1 Å². The second kappa shape index (κ2) is 8.27. The predicted octanol–water partition coefficient (Wildman–Crippen LogP) is 2.13. The molecule has 2 rings (SSSR count). The van der Waals surface area contributed by atoms with E-state index < -0.39 is 0 Å². The molecule has 1 aliphatic carbocycles. The van der Waals surface area contributed by atoms with Crippen LogP contribution in [0.1, 0.15) is 64.2 Å². The van der Waals surface area contributed by atoms with Crippen LogP contribution in [-0.2, 0) is 11.3 Å². The minimum absolute atomic E-state index is 0.116. The quantitative estimate of drug-likeness (QED) is 0.818. The first kappa shape index (κ1) is 16.9. The Morgan fingerprint density at radius 1 is 1.36 bits per heavy atom. The molecule has 1 heterocycles. The van der Waals surface area contributed by atoms with Gasteiger partial charge in [-0.2, -0.15) is 0 Å². The molecule has 22 heavy (non-hydrogen) atoms. The van der Waals surface area contributed by atoms with E-state index in [1.807, 2.05) is 16.5 Å². The highest BCUT2D eigenvalue weighted by Crippen LogP contribution is 2.17. The summed E-state index contributed by atoms with van der Waals surface area (Å²) in [5.41, 5.74) is 0. The van der Waals surface area contributed by atoms with Gasteiger partial charge in [0.2, 0.25) is 5.91 Å². The van der Waals surface area contributed by atoms with Crippen LogP contribution in [0.3, 0.4) is 0 Å². The standard InChI is InChI=1S/C16H29N5O/c1-13(2)21-12-17-19-15(21)10-20(3)11-16(22)18-14-8-6-4-5-7-9-14/h12-14H,4-11H2,1-3H3,(H,18,22). The summed E-state index contributed by atoms with van der Waals surface area (Å²) in [5.74, 6) is 1.02. The summed E-state index contributed by atoms with van der Waals surface area (Å²) in [7, 11) is 1.95. The average Bonchev–Trinajstić information content (AvgIpc) is 2.75. The van der Waals surface area contributed by atoms with Gasteiger partial charge in [-0.3, -0.25) is 9.69 Å². The van der Waals surface area contributed by atoms with E-state index in [1.54, 1.807) is 6.33 Å². The Balaban J connectivity index is 1.79. The number of hydrogen-bond donors (Lipinski definition) is 1. The lowest BCUT2D eigenvalue weighted by atomic mass is 10.1. The van der Waals surface area contributed by atoms with E-state index in [1.165, 1.54) is 25.7 Å². The second-order valence-corrected chi connectivity index (χ2v) is 6.68. The lowest BCUT2D eigenvalue weighted by Crippen LogP contribution is -2.40. The number of hydrogen-bond acceptors (Lipinski definition) is 4. The Bertz CT molecular complexity index is 463. The van der Waals surface area contributed by atoms with E-state index in [0.717, 1.165) is 18.7 Å². The van der Waals surface area contributed by atoms with Crippen LogP contribution in [0.5, 0.6) is 0 Å². The molecule has 1 aliphatic rings. The number of nitrogens with one attached hydrogen (secondary N) is 1. The molecule has 0 aromatic carbocycles. The zero-order valence-electron chi connectivity index (χ0n) is 14.1. The van der Waals surface area contributed by atoms with Gasteiger partial charge in [-0.15, -0.1) is 10.2 Å². The molecule has 1 fully saturated rings. The summed E-state index contributed by atoms with van der Waals surface area (Å²) in [4.78, 5) is 14.2. The van der Waals surface area contributed by atoms with Gasteiger partial charge in [-0.1, -0.05) is 25.7 Å². The van der Waals surface area contributed by atoms with Crippen molar-refractivity contribution in [2.75, 3.05) is 13.6 Å². The third-order valence-corrected chi connectivity index (χ3v) is 4.25. The second-order valence-electron chi connectivity index (χ2n) is 6.68. The Morgan fingerprint density at radius 3 is 2.68 bits per heavy atom. The molecule has 0 unspecified atom stereocenters. The Morgan fingerprint density at radius 2 is 2.05 bits per heavy atom. The third kappa shape index (κ3) is 5.09. The summed E-state index contributed by atoms with van der Waals surface area (Å²) >= 11 is 0. The fourth-order valence-electron chi connectivity index (χ4n) is 3.05. The number of carbonyl (C=O) groups is 1. The lowest BCUT2D eigenvalue weighted by Gasteiger charge is -2.20. The molecule has 1 N–H and O–H groups in total. The lowest BCUT2D eigenvalue weighted by molar-refractivity contribution is -0.122. The molecule has 1 aromatic heterocycles. The van der Waals surface area contributed by atoms with Crippen LogP contribution in [0, 0.1) is 0 Å². The molecule has 6 nitrogen and oxygen atoms in total. The zero-order valence-corrected chi connectivity index (χ0v) is 14.1. The van der Waals surface area contributed by atoms with E-state index in [0.29, 0.717) is 25.2 Å². The predicted molar refractivity (Wildman–Crippen MR) is 86.4 cm³/mol. The number of aromatic nitrogens is 3. The Hall–Kier alpha value is -1.43. The SMILES string of the molecule is CC(C)n1cnnc1CN(C)CC(=O)NC1CCCCCC1. The number of carbonyl (C=O) groups excluding carboxylic acids is 1. The van der Waals surface area contributed by atoms with E-state index in [9.17, 15) is 4.79 Å². The average molecular weight is 307 g/mol. The molecule has 0 radical (unpaired) electrons. The number of nitrogens with zero attached hydrogens (tertiary/aromatic N) is 4. The highest BCUT2D eigenvalue weighted by molar-refractivity contribution is 5.78. The summed E-state index contributed by atoms with van der Waals surface area (Å²) < 4.78 is 2.04. The fraction of sp³-hybridized carbons (Fsp3) is 0.812. The van der Waals surface area contributed by atoms with E-state index in [4.69, 9.17) is 0 Å². The van der Waals surface area contributed by atoms with Gasteiger partial charge in [-0.25, -0.2) is 0 Å². The van der Waals surface area contributed by atoms with E-state index >= 15 is 0 Å². The number of rotatable bonds is 6. The van der Waals surface area contributed by atoms with Gasteiger partial charge < -0.3 is 9.88 Å². The van der Waals surface area contributed by atoms with Gasteiger partial charge in [0.15, 0.2) is 0 Å². The van der Waals surface area contributed by atoms with Crippen molar-refractivity contribution in [2.45, 2.75) is 71.0 Å². The van der Waals surface area contributed by atoms with E-state index in [2.05, 4.69) is 29.4 Å². The van der Waals surface area contributed by atoms with Crippen molar-refractivity contribution in [2.24, 2.45) is 0 Å². The van der Waals surface area contributed by atoms with Crippen LogP contribution in [0.2, 0.25) is 0 Å². The van der Waals surface area contributed by atoms with Gasteiger partial charge in [0, 0.05) is 12.1 Å². The Kier molecular flexibility index (Phi) is 6.36. The van der Waals surface area contributed by atoms with Crippen LogP contribution in [0.15, 0.2) is 6.33 Å². The highest BCUT2D eigenvalue weighted by Gasteiger charge is 2.17. The monoisotopic (exact) mass is 307 g/mol. The van der Waals surface area contributed by atoms with Crippen LogP contribution in [0.4, 0.5) is 0 Å². The van der Waals surface area contributed by atoms with Gasteiger partial charge in [0.25, 0.3) is 0 Å². The van der Waals surface area contributed by atoms with Crippen LogP contribution in [-0.4, -0.2) is 45.2 Å². The summed E-state index contributed by atoms with van der Waals surface area (Å²) in [6.07, 6.45) is 9.07. The summed E-state index contributed by atoms with van der Waals surface area (Å²) in [5, 5.41) is 11.3. The van der Waals surface area contributed by atoms with Gasteiger partial charge >= 0.3 is 0 Å². The smallest absolute Gasteiger partial charge is 0.234 e. The van der Waals surface area contributed by atoms with Crippen molar-refractivity contribution in [1.29, 1.82) is 0 Å². The summed E-state index contributed by atoms with van der Waals surface area (Å²) in [6.45, 7) is 5.25. The first-order valence-electron chi connectivity index (χ1n) is 8.42. The zero-order chi connectivity index (χ0) is 15.9. The molecule has 0 aliphatic heterocycles. The maximum atomic E-state index is 12.2. The molecule has 6 heteroatoms. The third-order valence-electron chi connectivity index (χ3n) is 4.25. The number of likely N-dealkylation sites (N-methyl/N-ethyl adjacent to an activating group) is 1. The Labute approximate surface area is 133 Å². The van der Waals surface area contributed by atoms with E-state index in [-0.39, 0.29) is 5.91 Å². The van der Waals surface area contributed by atoms with Crippen molar-refractivity contribution in [3.8, 4) is 0 Å². The molecule has 0 saturated heterocycles. The van der Waals surface area contributed by atoms with Crippen molar-refractivity contribution < 1.29 is 4.79 Å². The van der Waals surface area contributed by atoms with Crippen LogP contribution >= 0.6 is 0 Å². The van der Waals surface area contributed by atoms with Crippen LogP contribution < -0.4 is 5.32 Å². The molecule has 124 valence electrons. The molecule has 1 saturated carbocycles.